The molecule has 1 amide bonds. The number of hydrogen-bond acceptors (Lipinski definition) is 3. The number of amides is 1. The fourth-order valence-electron chi connectivity index (χ4n) is 2.69. The zero-order valence-electron chi connectivity index (χ0n) is 10.3. The first kappa shape index (κ1) is 11.5. The minimum atomic E-state index is -0.171. The quantitative estimate of drug-likeness (QED) is 0.864. The van der Waals surface area contributed by atoms with Crippen LogP contribution in [0.15, 0.2) is 30.3 Å². The average Bonchev–Trinajstić information content (AvgIpc) is 2.38. The molecule has 0 aliphatic carbocycles. The van der Waals surface area contributed by atoms with E-state index in [2.05, 4.69) is 5.32 Å². The summed E-state index contributed by atoms with van der Waals surface area (Å²) in [5, 5.41) is 3.36. The van der Waals surface area contributed by atoms with Crippen molar-refractivity contribution >= 4 is 6.09 Å². The Bertz CT molecular complexity index is 421. The predicted octanol–water partition coefficient (Wildman–Crippen LogP) is 1.76. The lowest BCUT2D eigenvalue weighted by Gasteiger charge is -2.48. The van der Waals surface area contributed by atoms with Crippen molar-refractivity contribution < 1.29 is 9.53 Å². The molecular weight excluding hydrogens is 228 g/mol. The Morgan fingerprint density at radius 2 is 2.22 bits per heavy atom. The molecule has 1 aromatic rings. The Kier molecular flexibility index (Phi) is 3.19. The van der Waals surface area contributed by atoms with Crippen LogP contribution in [0.2, 0.25) is 0 Å². The lowest BCUT2D eigenvalue weighted by Crippen LogP contribution is -2.68. The molecule has 0 aromatic heterocycles. The third-order valence-corrected chi connectivity index (χ3v) is 3.81. The molecular formula is C14H18N2O2. The van der Waals surface area contributed by atoms with Crippen LogP contribution in [0.5, 0.6) is 0 Å². The maximum absolute atomic E-state index is 12.0. The summed E-state index contributed by atoms with van der Waals surface area (Å²) >= 11 is 0. The summed E-state index contributed by atoms with van der Waals surface area (Å²) in [6.07, 6.45) is 2.07. The first-order valence-corrected chi connectivity index (χ1v) is 6.55. The molecule has 18 heavy (non-hydrogen) atoms. The van der Waals surface area contributed by atoms with Gasteiger partial charge in [0.1, 0.15) is 6.61 Å². The maximum Gasteiger partial charge on any atom is 0.410 e. The number of carbonyl (C=O) groups is 1. The SMILES string of the molecule is O=C(OCc1ccccc1)N1CCCC2NCC21. The Balaban J connectivity index is 1.55. The second-order valence-corrected chi connectivity index (χ2v) is 4.96. The Hall–Kier alpha value is -1.55. The lowest BCUT2D eigenvalue weighted by atomic mass is 9.90. The minimum absolute atomic E-state index is 0.171. The first-order valence-electron chi connectivity index (χ1n) is 6.55. The van der Waals surface area contributed by atoms with Crippen molar-refractivity contribution in [2.24, 2.45) is 0 Å². The van der Waals surface area contributed by atoms with Crippen LogP contribution in [0, 0.1) is 0 Å². The number of nitrogens with one attached hydrogen (secondary N) is 1. The molecule has 2 fully saturated rings. The predicted molar refractivity (Wildman–Crippen MR) is 68.1 cm³/mol. The summed E-state index contributed by atoms with van der Waals surface area (Å²) in [5.41, 5.74) is 1.03. The standard InChI is InChI=1S/C14H18N2O2/c17-14(18-10-11-5-2-1-3-6-11)16-8-4-7-12-13(16)9-15-12/h1-3,5-6,12-13,15H,4,7-10H2. The van der Waals surface area contributed by atoms with Gasteiger partial charge >= 0.3 is 6.09 Å². The Morgan fingerprint density at radius 1 is 1.39 bits per heavy atom. The number of likely N-dealkylation sites (tertiary alicyclic amines) is 1. The van der Waals surface area contributed by atoms with Crippen LogP contribution in [-0.4, -0.2) is 36.2 Å². The van der Waals surface area contributed by atoms with E-state index < -0.39 is 0 Å². The molecule has 4 nitrogen and oxygen atoms in total. The van der Waals surface area contributed by atoms with Gasteiger partial charge in [-0.3, -0.25) is 0 Å². The third-order valence-electron chi connectivity index (χ3n) is 3.81. The molecule has 0 radical (unpaired) electrons. The molecule has 2 aliphatic heterocycles. The van der Waals surface area contributed by atoms with Gasteiger partial charge in [-0.1, -0.05) is 30.3 Å². The summed E-state index contributed by atoms with van der Waals surface area (Å²) < 4.78 is 5.38. The molecule has 4 heteroatoms. The fraction of sp³-hybridized carbons (Fsp3) is 0.500. The molecule has 1 N–H and O–H groups in total. The summed E-state index contributed by atoms with van der Waals surface area (Å²) in [7, 11) is 0. The van der Waals surface area contributed by atoms with Gasteiger partial charge in [0.2, 0.25) is 0 Å². The van der Waals surface area contributed by atoms with Gasteiger partial charge < -0.3 is 15.0 Å². The van der Waals surface area contributed by atoms with E-state index in [1.807, 2.05) is 35.2 Å². The largest absolute Gasteiger partial charge is 0.445 e. The molecule has 2 atom stereocenters. The van der Waals surface area contributed by atoms with Crippen molar-refractivity contribution in [2.75, 3.05) is 13.1 Å². The van der Waals surface area contributed by atoms with E-state index in [9.17, 15) is 4.79 Å². The lowest BCUT2D eigenvalue weighted by molar-refractivity contribution is 0.0307. The van der Waals surface area contributed by atoms with Gasteiger partial charge in [0.05, 0.1) is 6.04 Å². The van der Waals surface area contributed by atoms with Crippen LogP contribution in [0.1, 0.15) is 18.4 Å². The minimum Gasteiger partial charge on any atom is -0.445 e. The molecule has 1 aromatic carbocycles. The van der Waals surface area contributed by atoms with E-state index in [1.54, 1.807) is 0 Å². The number of nitrogens with zero attached hydrogens (tertiary/aromatic N) is 1. The number of ether oxygens (including phenoxy) is 1. The maximum atomic E-state index is 12.0. The highest BCUT2D eigenvalue weighted by Crippen LogP contribution is 2.24. The van der Waals surface area contributed by atoms with Gasteiger partial charge in [0.25, 0.3) is 0 Å². The normalized spacial score (nSPS) is 26.1. The van der Waals surface area contributed by atoms with Crippen molar-refractivity contribution in [3.8, 4) is 0 Å². The van der Waals surface area contributed by atoms with E-state index >= 15 is 0 Å². The van der Waals surface area contributed by atoms with Gasteiger partial charge in [0.15, 0.2) is 0 Å². The van der Waals surface area contributed by atoms with Crippen molar-refractivity contribution in [3.05, 3.63) is 35.9 Å². The number of benzene rings is 1. The number of hydrogen-bond donors (Lipinski definition) is 1. The number of fused-ring (bicyclic) bond motifs is 1. The van der Waals surface area contributed by atoms with Crippen LogP contribution in [-0.2, 0) is 11.3 Å². The molecule has 96 valence electrons. The molecule has 2 unspecified atom stereocenters. The van der Waals surface area contributed by atoms with E-state index in [-0.39, 0.29) is 6.09 Å². The summed E-state index contributed by atoms with van der Waals surface area (Å²) in [5.74, 6) is 0. The van der Waals surface area contributed by atoms with Crippen LogP contribution in [0.4, 0.5) is 4.79 Å². The van der Waals surface area contributed by atoms with E-state index in [0.29, 0.717) is 18.7 Å². The van der Waals surface area contributed by atoms with Crippen molar-refractivity contribution in [1.29, 1.82) is 0 Å². The highest BCUT2D eigenvalue weighted by molar-refractivity contribution is 5.68. The molecule has 2 heterocycles. The smallest absolute Gasteiger partial charge is 0.410 e. The molecule has 2 saturated heterocycles. The zero-order chi connectivity index (χ0) is 12.4. The van der Waals surface area contributed by atoms with E-state index in [1.165, 1.54) is 6.42 Å². The topological polar surface area (TPSA) is 41.6 Å². The second-order valence-electron chi connectivity index (χ2n) is 4.96. The van der Waals surface area contributed by atoms with Crippen LogP contribution in [0.3, 0.4) is 0 Å². The van der Waals surface area contributed by atoms with Gasteiger partial charge in [-0.15, -0.1) is 0 Å². The number of carbonyl (C=O) groups excluding carboxylic acids is 1. The molecule has 0 bridgehead atoms. The summed E-state index contributed by atoms with van der Waals surface area (Å²) in [6, 6.07) is 10.6. The highest BCUT2D eigenvalue weighted by atomic mass is 16.6. The number of rotatable bonds is 2. The van der Waals surface area contributed by atoms with Crippen molar-refractivity contribution in [3.63, 3.8) is 0 Å². The van der Waals surface area contributed by atoms with E-state index in [4.69, 9.17) is 4.74 Å². The van der Waals surface area contributed by atoms with Gasteiger partial charge in [0, 0.05) is 19.1 Å². The Labute approximate surface area is 107 Å². The fourth-order valence-corrected chi connectivity index (χ4v) is 2.69. The second kappa shape index (κ2) is 4.98. The monoisotopic (exact) mass is 246 g/mol. The average molecular weight is 246 g/mol. The molecule has 0 spiro atoms. The van der Waals surface area contributed by atoms with E-state index in [0.717, 1.165) is 25.1 Å². The first-order chi connectivity index (χ1) is 8.84. The Morgan fingerprint density at radius 3 is 2.94 bits per heavy atom. The van der Waals surface area contributed by atoms with Gasteiger partial charge in [-0.2, -0.15) is 0 Å². The zero-order valence-corrected chi connectivity index (χ0v) is 10.3. The summed E-state index contributed by atoms with van der Waals surface area (Å²) in [6.45, 7) is 2.10. The summed E-state index contributed by atoms with van der Waals surface area (Å²) in [4.78, 5) is 13.9. The molecule has 2 aliphatic rings. The van der Waals surface area contributed by atoms with Crippen LogP contribution < -0.4 is 5.32 Å². The van der Waals surface area contributed by atoms with Crippen LogP contribution in [0.25, 0.3) is 0 Å². The van der Waals surface area contributed by atoms with Gasteiger partial charge in [-0.25, -0.2) is 4.79 Å². The molecule has 0 saturated carbocycles. The van der Waals surface area contributed by atoms with Gasteiger partial charge in [-0.05, 0) is 18.4 Å². The number of piperidine rings is 1. The highest BCUT2D eigenvalue weighted by Gasteiger charge is 2.40. The third kappa shape index (κ3) is 2.20. The van der Waals surface area contributed by atoms with Crippen LogP contribution >= 0.6 is 0 Å². The van der Waals surface area contributed by atoms with Crippen molar-refractivity contribution in [2.45, 2.75) is 31.5 Å². The van der Waals surface area contributed by atoms with Crippen molar-refractivity contribution in [1.82, 2.24) is 10.2 Å². The molecule has 3 rings (SSSR count).